The van der Waals surface area contributed by atoms with E-state index in [0.29, 0.717) is 25.2 Å². The topological polar surface area (TPSA) is 104 Å². The smallest absolute Gasteiger partial charge is 0.182 e. The first kappa shape index (κ1) is 13.1. The standard InChI is InChI=1S/C14H15N7O/c22-11-6-21(5-9(11)3-10-4-15-1-2-16-10)14-12-13(18-7-17-12)19-8-20-14/h1-2,4,7-9,11,22H,3,5-6H2,(H,17,18,19,20)/t9-,11-/m1/s1. The Kier molecular flexibility index (Phi) is 3.15. The zero-order valence-electron chi connectivity index (χ0n) is 11.8. The Morgan fingerprint density at radius 2 is 2.14 bits per heavy atom. The summed E-state index contributed by atoms with van der Waals surface area (Å²) in [5.41, 5.74) is 2.33. The van der Waals surface area contributed by atoms with Crippen LogP contribution in [0.2, 0.25) is 0 Å². The Morgan fingerprint density at radius 3 is 3.00 bits per heavy atom. The Morgan fingerprint density at radius 1 is 1.18 bits per heavy atom. The lowest BCUT2D eigenvalue weighted by Crippen LogP contribution is -2.22. The minimum absolute atomic E-state index is 0.102. The molecule has 0 radical (unpaired) electrons. The molecule has 0 unspecified atom stereocenters. The number of fused-ring (bicyclic) bond motifs is 1. The summed E-state index contributed by atoms with van der Waals surface area (Å²) < 4.78 is 0. The summed E-state index contributed by atoms with van der Waals surface area (Å²) in [5, 5.41) is 10.3. The number of anilines is 1. The van der Waals surface area contributed by atoms with Crippen molar-refractivity contribution in [1.82, 2.24) is 29.9 Å². The van der Waals surface area contributed by atoms with Crippen LogP contribution in [-0.2, 0) is 6.42 Å². The van der Waals surface area contributed by atoms with Crippen LogP contribution < -0.4 is 4.90 Å². The fourth-order valence-electron chi connectivity index (χ4n) is 2.92. The Labute approximate surface area is 126 Å². The molecule has 3 aromatic heterocycles. The summed E-state index contributed by atoms with van der Waals surface area (Å²) in [6.07, 6.45) is 8.45. The van der Waals surface area contributed by atoms with Crippen molar-refractivity contribution < 1.29 is 5.11 Å². The van der Waals surface area contributed by atoms with Crippen LogP contribution in [0.1, 0.15) is 5.69 Å². The summed E-state index contributed by atoms with van der Waals surface area (Å²) in [6.45, 7) is 1.25. The van der Waals surface area contributed by atoms with E-state index in [-0.39, 0.29) is 5.92 Å². The molecule has 2 N–H and O–H groups in total. The molecule has 1 fully saturated rings. The molecular formula is C14H15N7O. The second-order valence-electron chi connectivity index (χ2n) is 5.43. The molecule has 0 aliphatic carbocycles. The number of aliphatic hydroxyl groups is 1. The highest BCUT2D eigenvalue weighted by molar-refractivity contribution is 5.82. The highest BCUT2D eigenvalue weighted by Crippen LogP contribution is 2.28. The lowest BCUT2D eigenvalue weighted by Gasteiger charge is -2.17. The number of aliphatic hydroxyl groups excluding tert-OH is 1. The van der Waals surface area contributed by atoms with Crippen LogP contribution >= 0.6 is 0 Å². The van der Waals surface area contributed by atoms with Crippen molar-refractivity contribution in [1.29, 1.82) is 0 Å². The molecule has 0 bridgehead atoms. The molecule has 1 saturated heterocycles. The Bertz CT molecular complexity index is 775. The van der Waals surface area contributed by atoms with Gasteiger partial charge in [-0.05, 0) is 6.42 Å². The van der Waals surface area contributed by atoms with E-state index in [2.05, 4.69) is 34.8 Å². The summed E-state index contributed by atoms with van der Waals surface area (Å²) in [6, 6.07) is 0. The molecule has 1 aliphatic rings. The molecule has 3 aromatic rings. The van der Waals surface area contributed by atoms with Gasteiger partial charge in [-0.2, -0.15) is 0 Å². The van der Waals surface area contributed by atoms with Gasteiger partial charge in [-0.1, -0.05) is 0 Å². The number of nitrogens with one attached hydrogen (secondary N) is 1. The maximum Gasteiger partial charge on any atom is 0.182 e. The number of β-amino-alcohol motifs (C(OH)–C–C–N with tert-alkyl or cyclic N) is 1. The predicted octanol–water partition coefficient (Wildman–Crippen LogP) is 0.183. The van der Waals surface area contributed by atoms with Crippen LogP contribution in [-0.4, -0.2) is 54.2 Å². The molecule has 0 spiro atoms. The summed E-state index contributed by atoms with van der Waals surface area (Å²) in [7, 11) is 0. The first-order valence-electron chi connectivity index (χ1n) is 7.13. The van der Waals surface area contributed by atoms with Crippen molar-refractivity contribution in [2.45, 2.75) is 12.5 Å². The van der Waals surface area contributed by atoms with Crippen molar-refractivity contribution in [2.24, 2.45) is 5.92 Å². The molecule has 0 saturated carbocycles. The lowest BCUT2D eigenvalue weighted by atomic mass is 10.0. The van der Waals surface area contributed by atoms with Gasteiger partial charge in [-0.25, -0.2) is 15.0 Å². The van der Waals surface area contributed by atoms with Gasteiger partial charge >= 0.3 is 0 Å². The van der Waals surface area contributed by atoms with E-state index in [1.807, 2.05) is 0 Å². The van der Waals surface area contributed by atoms with Crippen LogP contribution in [0.25, 0.3) is 11.2 Å². The molecular weight excluding hydrogens is 282 g/mol. The molecule has 4 heterocycles. The van der Waals surface area contributed by atoms with Crippen LogP contribution in [0, 0.1) is 5.92 Å². The molecule has 112 valence electrons. The maximum atomic E-state index is 10.3. The lowest BCUT2D eigenvalue weighted by molar-refractivity contribution is 0.147. The van der Waals surface area contributed by atoms with E-state index >= 15 is 0 Å². The fraction of sp³-hybridized carbons (Fsp3) is 0.357. The molecule has 8 heteroatoms. The number of nitrogens with zero attached hydrogens (tertiary/aromatic N) is 6. The molecule has 0 amide bonds. The predicted molar refractivity (Wildman–Crippen MR) is 79.1 cm³/mol. The number of aromatic nitrogens is 6. The van der Waals surface area contributed by atoms with Gasteiger partial charge in [-0.15, -0.1) is 0 Å². The van der Waals surface area contributed by atoms with E-state index in [0.717, 1.165) is 17.0 Å². The van der Waals surface area contributed by atoms with Gasteiger partial charge < -0.3 is 15.0 Å². The van der Waals surface area contributed by atoms with Crippen LogP contribution in [0.3, 0.4) is 0 Å². The minimum atomic E-state index is -0.421. The molecule has 4 rings (SSSR count). The summed E-state index contributed by atoms with van der Waals surface area (Å²) in [4.78, 5) is 26.1. The second kappa shape index (κ2) is 5.30. The summed E-state index contributed by atoms with van der Waals surface area (Å²) >= 11 is 0. The average Bonchev–Trinajstić information content (AvgIpc) is 3.15. The fourth-order valence-corrected chi connectivity index (χ4v) is 2.92. The van der Waals surface area contributed by atoms with Crippen LogP contribution in [0.5, 0.6) is 0 Å². The Balaban J connectivity index is 1.57. The van der Waals surface area contributed by atoms with E-state index in [9.17, 15) is 5.11 Å². The first-order chi connectivity index (χ1) is 10.8. The second-order valence-corrected chi connectivity index (χ2v) is 5.43. The van der Waals surface area contributed by atoms with Gasteiger partial charge in [0.25, 0.3) is 0 Å². The third-order valence-electron chi connectivity index (χ3n) is 4.00. The SMILES string of the molecule is O[C@@H]1CN(c2ncnc3nc[nH]c23)C[C@H]1Cc1cnccn1. The normalized spacial score (nSPS) is 21.6. The summed E-state index contributed by atoms with van der Waals surface area (Å²) in [5.74, 6) is 0.882. The molecule has 2 atom stereocenters. The van der Waals surface area contributed by atoms with Crippen molar-refractivity contribution in [3.8, 4) is 0 Å². The molecule has 0 aromatic carbocycles. The van der Waals surface area contributed by atoms with Gasteiger partial charge in [0.15, 0.2) is 11.5 Å². The van der Waals surface area contributed by atoms with E-state index < -0.39 is 6.10 Å². The third kappa shape index (κ3) is 2.27. The van der Waals surface area contributed by atoms with E-state index in [4.69, 9.17) is 0 Å². The van der Waals surface area contributed by atoms with E-state index in [1.165, 1.54) is 6.33 Å². The van der Waals surface area contributed by atoms with Gasteiger partial charge in [-0.3, -0.25) is 9.97 Å². The number of hydrogen-bond donors (Lipinski definition) is 2. The highest BCUT2D eigenvalue weighted by Gasteiger charge is 2.33. The van der Waals surface area contributed by atoms with Crippen LogP contribution in [0.4, 0.5) is 5.82 Å². The molecule has 1 aliphatic heterocycles. The van der Waals surface area contributed by atoms with Gasteiger partial charge in [0, 0.05) is 37.6 Å². The van der Waals surface area contributed by atoms with Crippen molar-refractivity contribution in [3.05, 3.63) is 36.9 Å². The first-order valence-corrected chi connectivity index (χ1v) is 7.13. The quantitative estimate of drug-likeness (QED) is 0.710. The third-order valence-corrected chi connectivity index (χ3v) is 4.00. The van der Waals surface area contributed by atoms with Gasteiger partial charge in [0.05, 0.1) is 18.1 Å². The zero-order valence-corrected chi connectivity index (χ0v) is 11.8. The average molecular weight is 297 g/mol. The molecule has 8 nitrogen and oxygen atoms in total. The number of rotatable bonds is 3. The largest absolute Gasteiger partial charge is 0.391 e. The minimum Gasteiger partial charge on any atom is -0.391 e. The van der Waals surface area contributed by atoms with Crippen molar-refractivity contribution in [3.63, 3.8) is 0 Å². The monoisotopic (exact) mass is 297 g/mol. The number of aromatic amines is 1. The van der Waals surface area contributed by atoms with Crippen molar-refractivity contribution >= 4 is 17.0 Å². The van der Waals surface area contributed by atoms with Crippen LogP contribution in [0.15, 0.2) is 31.2 Å². The number of imidazole rings is 1. The van der Waals surface area contributed by atoms with E-state index in [1.54, 1.807) is 24.9 Å². The molecule has 22 heavy (non-hydrogen) atoms. The Hall–Kier alpha value is -2.61. The zero-order chi connectivity index (χ0) is 14.9. The number of hydrogen-bond acceptors (Lipinski definition) is 7. The van der Waals surface area contributed by atoms with Crippen molar-refractivity contribution in [2.75, 3.05) is 18.0 Å². The maximum absolute atomic E-state index is 10.3. The van der Waals surface area contributed by atoms with Gasteiger partial charge in [0.1, 0.15) is 11.8 Å². The van der Waals surface area contributed by atoms with Gasteiger partial charge in [0.2, 0.25) is 0 Å². The highest BCUT2D eigenvalue weighted by atomic mass is 16.3. The number of H-pyrrole nitrogens is 1.